The Morgan fingerprint density at radius 2 is 0.768 bits per heavy atom. The lowest BCUT2D eigenvalue weighted by atomic mass is 10.0. The van der Waals surface area contributed by atoms with E-state index in [0.29, 0.717) is 0 Å². The first-order valence-electron chi connectivity index (χ1n) is 19.2. The zero-order valence-corrected chi connectivity index (χ0v) is 31.7. The SMILES string of the molecule is Cc1ccc(N(c2ccc(C)cc2)c2ccc(C=Cc3ccc(-c4ccc(C=Cc5ccc6c(c5)c5ccccc5n6-c5ccccc5)cc4)cc3)cc2)cc1. The van der Waals surface area contributed by atoms with Gasteiger partial charge in [-0.05, 0) is 114 Å². The number of rotatable bonds is 9. The molecule has 8 aromatic carbocycles. The second kappa shape index (κ2) is 15.3. The normalized spacial score (nSPS) is 11.6. The van der Waals surface area contributed by atoms with Crippen molar-refractivity contribution in [3.8, 4) is 16.8 Å². The van der Waals surface area contributed by atoms with Gasteiger partial charge in [-0.3, -0.25) is 0 Å². The molecule has 2 nitrogen and oxygen atoms in total. The van der Waals surface area contributed by atoms with Crippen LogP contribution >= 0.6 is 0 Å². The maximum absolute atomic E-state index is 2.35. The predicted octanol–water partition coefficient (Wildman–Crippen LogP) is 14.9. The third-order valence-corrected chi connectivity index (χ3v) is 10.5. The molecule has 0 saturated heterocycles. The van der Waals surface area contributed by atoms with Gasteiger partial charge in [0.1, 0.15) is 0 Å². The van der Waals surface area contributed by atoms with Gasteiger partial charge in [0.25, 0.3) is 0 Å². The highest BCUT2D eigenvalue weighted by molar-refractivity contribution is 6.10. The molecule has 2 heteroatoms. The number of anilines is 3. The molecule has 0 bridgehead atoms. The Balaban J connectivity index is 0.877. The molecule has 0 aliphatic heterocycles. The number of fused-ring (bicyclic) bond motifs is 3. The lowest BCUT2D eigenvalue weighted by molar-refractivity contribution is 1.18. The number of hydrogen-bond donors (Lipinski definition) is 0. The number of aromatic nitrogens is 1. The number of aryl methyl sites for hydroxylation is 2. The minimum Gasteiger partial charge on any atom is -0.311 e. The van der Waals surface area contributed by atoms with Gasteiger partial charge in [0, 0.05) is 33.5 Å². The van der Waals surface area contributed by atoms with Gasteiger partial charge in [-0.15, -0.1) is 0 Å². The number of benzene rings is 8. The number of para-hydroxylation sites is 2. The van der Waals surface area contributed by atoms with Crippen molar-refractivity contribution >= 4 is 63.2 Å². The molecular weight excluding hydrogens is 677 g/mol. The molecule has 1 heterocycles. The van der Waals surface area contributed by atoms with E-state index in [-0.39, 0.29) is 0 Å². The van der Waals surface area contributed by atoms with E-state index in [9.17, 15) is 0 Å². The zero-order valence-electron chi connectivity index (χ0n) is 31.7. The van der Waals surface area contributed by atoms with Gasteiger partial charge in [0.2, 0.25) is 0 Å². The van der Waals surface area contributed by atoms with Crippen molar-refractivity contribution in [3.05, 3.63) is 228 Å². The van der Waals surface area contributed by atoms with Crippen LogP contribution in [-0.2, 0) is 0 Å². The molecule has 0 N–H and O–H groups in total. The highest BCUT2D eigenvalue weighted by atomic mass is 15.1. The average Bonchev–Trinajstić information content (AvgIpc) is 3.58. The molecule has 0 saturated carbocycles. The molecule has 0 aliphatic rings. The lowest BCUT2D eigenvalue weighted by Crippen LogP contribution is -2.09. The van der Waals surface area contributed by atoms with Crippen LogP contribution in [0.1, 0.15) is 33.4 Å². The van der Waals surface area contributed by atoms with Crippen molar-refractivity contribution in [1.29, 1.82) is 0 Å². The summed E-state index contributed by atoms with van der Waals surface area (Å²) in [4.78, 5) is 2.31. The molecule has 0 aliphatic carbocycles. The Labute approximate surface area is 329 Å². The van der Waals surface area contributed by atoms with Crippen LogP contribution in [0.2, 0.25) is 0 Å². The molecule has 9 rings (SSSR count). The third kappa shape index (κ3) is 7.21. The molecule has 9 aromatic rings. The summed E-state index contributed by atoms with van der Waals surface area (Å²) in [6.07, 6.45) is 8.77. The van der Waals surface area contributed by atoms with Gasteiger partial charge in [0.05, 0.1) is 11.0 Å². The molecule has 268 valence electrons. The van der Waals surface area contributed by atoms with E-state index in [4.69, 9.17) is 0 Å². The van der Waals surface area contributed by atoms with Gasteiger partial charge < -0.3 is 9.47 Å². The van der Waals surface area contributed by atoms with Gasteiger partial charge in [-0.2, -0.15) is 0 Å². The second-order valence-corrected chi connectivity index (χ2v) is 14.5. The van der Waals surface area contributed by atoms with Gasteiger partial charge in [-0.1, -0.05) is 163 Å². The summed E-state index contributed by atoms with van der Waals surface area (Å²) >= 11 is 0. The van der Waals surface area contributed by atoms with Crippen LogP contribution in [0.25, 0.3) is 62.9 Å². The Bertz CT molecular complexity index is 2760. The second-order valence-electron chi connectivity index (χ2n) is 14.5. The monoisotopic (exact) mass is 718 g/mol. The van der Waals surface area contributed by atoms with Crippen molar-refractivity contribution in [2.24, 2.45) is 0 Å². The molecule has 0 atom stereocenters. The van der Waals surface area contributed by atoms with Crippen LogP contribution in [0.4, 0.5) is 17.1 Å². The van der Waals surface area contributed by atoms with Crippen molar-refractivity contribution in [2.75, 3.05) is 4.90 Å². The fraction of sp³-hybridized carbons (Fsp3) is 0.0370. The van der Waals surface area contributed by atoms with E-state index in [1.165, 1.54) is 66.4 Å². The van der Waals surface area contributed by atoms with Crippen molar-refractivity contribution in [2.45, 2.75) is 13.8 Å². The quantitative estimate of drug-likeness (QED) is 0.135. The summed E-state index contributed by atoms with van der Waals surface area (Å²) in [5.41, 5.74) is 16.6. The fourth-order valence-electron chi connectivity index (χ4n) is 7.48. The van der Waals surface area contributed by atoms with E-state index in [2.05, 4.69) is 242 Å². The summed E-state index contributed by atoms with van der Waals surface area (Å²) in [5.74, 6) is 0. The van der Waals surface area contributed by atoms with Gasteiger partial charge >= 0.3 is 0 Å². The van der Waals surface area contributed by atoms with E-state index >= 15 is 0 Å². The Kier molecular flexibility index (Phi) is 9.45. The fourth-order valence-corrected chi connectivity index (χ4v) is 7.48. The van der Waals surface area contributed by atoms with E-state index < -0.39 is 0 Å². The minimum absolute atomic E-state index is 1.13. The highest BCUT2D eigenvalue weighted by Gasteiger charge is 2.13. The number of hydrogen-bond acceptors (Lipinski definition) is 1. The molecule has 0 unspecified atom stereocenters. The van der Waals surface area contributed by atoms with Gasteiger partial charge in [0.15, 0.2) is 0 Å². The van der Waals surface area contributed by atoms with E-state index in [0.717, 1.165) is 22.6 Å². The van der Waals surface area contributed by atoms with Gasteiger partial charge in [-0.25, -0.2) is 0 Å². The van der Waals surface area contributed by atoms with Crippen LogP contribution in [-0.4, -0.2) is 4.57 Å². The van der Waals surface area contributed by atoms with E-state index in [1.807, 2.05) is 0 Å². The summed E-state index contributed by atoms with van der Waals surface area (Å²) in [6, 6.07) is 69.8. The Morgan fingerprint density at radius 3 is 1.30 bits per heavy atom. The molecule has 0 fully saturated rings. The zero-order chi connectivity index (χ0) is 37.8. The maximum atomic E-state index is 2.35. The summed E-state index contributed by atoms with van der Waals surface area (Å²) in [7, 11) is 0. The lowest BCUT2D eigenvalue weighted by Gasteiger charge is -2.25. The van der Waals surface area contributed by atoms with Crippen molar-refractivity contribution in [3.63, 3.8) is 0 Å². The van der Waals surface area contributed by atoms with Crippen molar-refractivity contribution in [1.82, 2.24) is 4.57 Å². The molecule has 0 spiro atoms. The summed E-state index contributed by atoms with van der Waals surface area (Å²) in [6.45, 7) is 4.25. The standard InChI is InChI=1S/C54H42N2/c1-39-12-31-48(32-13-39)55(49-33-14-40(2)15-34-49)50-35-24-43(25-36-50)17-16-41-20-27-45(28-21-41)46-29-22-42(23-30-46)18-19-44-26-37-54-52(38-44)51-10-6-7-11-53(51)56(54)47-8-4-3-5-9-47/h3-38H,1-2H3. The van der Waals surface area contributed by atoms with Crippen LogP contribution < -0.4 is 4.90 Å². The molecule has 0 radical (unpaired) electrons. The molecule has 56 heavy (non-hydrogen) atoms. The summed E-state index contributed by atoms with van der Waals surface area (Å²) in [5, 5.41) is 2.53. The maximum Gasteiger partial charge on any atom is 0.0541 e. The van der Waals surface area contributed by atoms with Crippen LogP contribution in [0.5, 0.6) is 0 Å². The highest BCUT2D eigenvalue weighted by Crippen LogP contribution is 2.36. The van der Waals surface area contributed by atoms with Crippen LogP contribution in [0.3, 0.4) is 0 Å². The van der Waals surface area contributed by atoms with Crippen molar-refractivity contribution < 1.29 is 0 Å². The Morgan fingerprint density at radius 1 is 0.357 bits per heavy atom. The first-order chi connectivity index (χ1) is 27.6. The first-order valence-corrected chi connectivity index (χ1v) is 19.2. The van der Waals surface area contributed by atoms with E-state index in [1.54, 1.807) is 0 Å². The third-order valence-electron chi connectivity index (χ3n) is 10.5. The number of nitrogens with zero attached hydrogens (tertiary/aromatic N) is 2. The molecule has 1 aromatic heterocycles. The Hall–Kier alpha value is -7.16. The molecular formula is C54H42N2. The smallest absolute Gasteiger partial charge is 0.0541 e. The molecule has 0 amide bonds. The predicted molar refractivity (Wildman–Crippen MR) is 241 cm³/mol. The minimum atomic E-state index is 1.13. The van der Waals surface area contributed by atoms with Crippen LogP contribution in [0, 0.1) is 13.8 Å². The average molecular weight is 719 g/mol. The summed E-state index contributed by atoms with van der Waals surface area (Å²) < 4.78 is 2.35. The van der Waals surface area contributed by atoms with Crippen LogP contribution in [0.15, 0.2) is 194 Å². The first kappa shape index (κ1) is 34.6. The largest absolute Gasteiger partial charge is 0.311 e. The topological polar surface area (TPSA) is 8.17 Å².